The normalized spacial score (nSPS) is 13.8. The lowest BCUT2D eigenvalue weighted by Gasteiger charge is -2.23. The Morgan fingerprint density at radius 2 is 1.72 bits per heavy atom. The van der Waals surface area contributed by atoms with Crippen LogP contribution < -0.4 is 15.5 Å². The summed E-state index contributed by atoms with van der Waals surface area (Å²) in [6.45, 7) is 7.08. The van der Waals surface area contributed by atoms with Gasteiger partial charge in [-0.25, -0.2) is 14.6 Å². The Kier molecular flexibility index (Phi) is 8.02. The Labute approximate surface area is 187 Å². The molecule has 32 heavy (non-hydrogen) atoms. The van der Waals surface area contributed by atoms with Crippen LogP contribution in [0.2, 0.25) is 0 Å². The highest BCUT2D eigenvalue weighted by Gasteiger charge is 2.20. The molecule has 0 radical (unpaired) electrons. The number of hydrogen-bond acceptors (Lipinski definition) is 6. The minimum Gasteiger partial charge on any atom is -0.462 e. The van der Waals surface area contributed by atoms with Gasteiger partial charge in [-0.2, -0.15) is 0 Å². The second-order valence-electron chi connectivity index (χ2n) is 7.32. The van der Waals surface area contributed by atoms with E-state index in [1.165, 1.54) is 6.20 Å². The van der Waals surface area contributed by atoms with Gasteiger partial charge in [-0.15, -0.1) is 0 Å². The first-order valence-electron chi connectivity index (χ1n) is 10.8. The largest absolute Gasteiger partial charge is 0.462 e. The van der Waals surface area contributed by atoms with E-state index in [0.717, 1.165) is 18.8 Å². The summed E-state index contributed by atoms with van der Waals surface area (Å²) < 4.78 is 4.99. The van der Waals surface area contributed by atoms with Gasteiger partial charge in [-0.3, -0.25) is 4.79 Å². The second kappa shape index (κ2) is 11.1. The summed E-state index contributed by atoms with van der Waals surface area (Å²) in [6, 6.07) is 10.2. The molecule has 0 bridgehead atoms. The average molecular weight is 440 g/mol. The number of anilines is 2. The molecule has 3 amide bonds. The van der Waals surface area contributed by atoms with Crippen LogP contribution in [-0.4, -0.2) is 67.1 Å². The van der Waals surface area contributed by atoms with Gasteiger partial charge in [0, 0.05) is 50.2 Å². The number of rotatable bonds is 6. The molecule has 1 aliphatic rings. The number of amides is 3. The fourth-order valence-electron chi connectivity index (χ4n) is 3.43. The summed E-state index contributed by atoms with van der Waals surface area (Å²) in [4.78, 5) is 44.6. The molecule has 2 aromatic rings. The Balaban J connectivity index is 1.55. The van der Waals surface area contributed by atoms with Crippen LogP contribution >= 0.6 is 0 Å². The molecule has 1 aromatic carbocycles. The van der Waals surface area contributed by atoms with Crippen molar-refractivity contribution < 1.29 is 19.1 Å². The van der Waals surface area contributed by atoms with Gasteiger partial charge in [0.1, 0.15) is 5.82 Å². The molecule has 9 heteroatoms. The summed E-state index contributed by atoms with van der Waals surface area (Å²) in [5, 5.41) is 5.64. The van der Waals surface area contributed by atoms with Gasteiger partial charge >= 0.3 is 12.0 Å². The highest BCUT2D eigenvalue weighted by Crippen LogP contribution is 2.16. The number of aromatic nitrogens is 1. The monoisotopic (exact) mass is 439 g/mol. The third-order valence-electron chi connectivity index (χ3n) is 5.10. The number of pyridine rings is 1. The van der Waals surface area contributed by atoms with Crippen molar-refractivity contribution in [3.63, 3.8) is 0 Å². The van der Waals surface area contributed by atoms with E-state index in [-0.39, 0.29) is 17.9 Å². The maximum absolute atomic E-state index is 12.7. The molecule has 1 aromatic heterocycles. The highest BCUT2D eigenvalue weighted by molar-refractivity contribution is 5.95. The van der Waals surface area contributed by atoms with Gasteiger partial charge in [0.2, 0.25) is 0 Å². The minimum atomic E-state index is -0.385. The quantitative estimate of drug-likeness (QED) is 0.671. The van der Waals surface area contributed by atoms with E-state index in [1.54, 1.807) is 48.2 Å². The molecule has 170 valence electrons. The standard InChI is InChI=1S/C23H29N5O4/c1-3-24-21(29)17-6-9-19(10-7-17)26-23(31)28-13-5-12-27(14-15-28)20-11-8-18(16-25-20)22(30)32-4-2/h6-11,16H,3-5,12-15H2,1-2H3,(H,24,29)(H,26,31). The van der Waals surface area contributed by atoms with Crippen molar-refractivity contribution in [3.05, 3.63) is 53.7 Å². The van der Waals surface area contributed by atoms with Crippen LogP contribution in [0.4, 0.5) is 16.3 Å². The number of esters is 1. The molecule has 0 aliphatic carbocycles. The van der Waals surface area contributed by atoms with E-state index in [4.69, 9.17) is 4.74 Å². The van der Waals surface area contributed by atoms with Crippen LogP contribution in [0.5, 0.6) is 0 Å². The summed E-state index contributed by atoms with van der Waals surface area (Å²) in [6.07, 6.45) is 2.32. The van der Waals surface area contributed by atoms with Gasteiger partial charge in [0.15, 0.2) is 0 Å². The SMILES string of the molecule is CCNC(=O)c1ccc(NC(=O)N2CCCN(c3ccc(C(=O)OCC)cn3)CC2)cc1. The van der Waals surface area contributed by atoms with Crippen molar-refractivity contribution in [1.82, 2.24) is 15.2 Å². The predicted molar refractivity (Wildman–Crippen MR) is 122 cm³/mol. The summed E-state index contributed by atoms with van der Waals surface area (Å²) in [5.41, 5.74) is 1.61. The lowest BCUT2D eigenvalue weighted by Crippen LogP contribution is -2.38. The first-order chi connectivity index (χ1) is 15.5. The third kappa shape index (κ3) is 5.96. The van der Waals surface area contributed by atoms with Crippen LogP contribution in [0.3, 0.4) is 0 Å². The Hall–Kier alpha value is -3.62. The first kappa shape index (κ1) is 23.1. The topological polar surface area (TPSA) is 104 Å². The van der Waals surface area contributed by atoms with Crippen LogP contribution in [0.1, 0.15) is 41.0 Å². The van der Waals surface area contributed by atoms with Crippen LogP contribution in [-0.2, 0) is 4.74 Å². The molecular weight excluding hydrogens is 410 g/mol. The minimum absolute atomic E-state index is 0.137. The Morgan fingerprint density at radius 1 is 0.969 bits per heavy atom. The molecule has 0 atom stereocenters. The summed E-state index contributed by atoms with van der Waals surface area (Å²) in [7, 11) is 0. The predicted octanol–water partition coefficient (Wildman–Crippen LogP) is 2.75. The number of ether oxygens (including phenoxy) is 1. The van der Waals surface area contributed by atoms with Gasteiger partial charge in [-0.1, -0.05) is 0 Å². The molecule has 0 unspecified atom stereocenters. The van der Waals surface area contributed by atoms with Crippen molar-refractivity contribution in [2.24, 2.45) is 0 Å². The van der Waals surface area contributed by atoms with Crippen LogP contribution in [0.25, 0.3) is 0 Å². The lowest BCUT2D eigenvalue weighted by molar-refractivity contribution is 0.0525. The first-order valence-corrected chi connectivity index (χ1v) is 10.8. The van der Waals surface area contributed by atoms with Crippen molar-refractivity contribution in [2.45, 2.75) is 20.3 Å². The molecule has 2 heterocycles. The summed E-state index contributed by atoms with van der Waals surface area (Å²) >= 11 is 0. The number of carbonyl (C=O) groups is 3. The van der Waals surface area contributed by atoms with Crippen molar-refractivity contribution in [3.8, 4) is 0 Å². The number of carbonyl (C=O) groups excluding carboxylic acids is 3. The van der Waals surface area contributed by atoms with Gasteiger partial charge in [-0.05, 0) is 56.7 Å². The summed E-state index contributed by atoms with van der Waals surface area (Å²) in [5.74, 6) is 0.243. The van der Waals surface area contributed by atoms with E-state index in [0.29, 0.717) is 49.6 Å². The molecule has 9 nitrogen and oxygen atoms in total. The molecular formula is C23H29N5O4. The average Bonchev–Trinajstić information content (AvgIpc) is 3.06. The van der Waals surface area contributed by atoms with Crippen LogP contribution in [0.15, 0.2) is 42.6 Å². The fraction of sp³-hybridized carbons (Fsp3) is 0.391. The molecule has 1 saturated heterocycles. The van der Waals surface area contributed by atoms with Crippen molar-refractivity contribution in [2.75, 3.05) is 49.5 Å². The molecule has 2 N–H and O–H groups in total. The fourth-order valence-corrected chi connectivity index (χ4v) is 3.43. The lowest BCUT2D eigenvalue weighted by atomic mass is 10.2. The van der Waals surface area contributed by atoms with E-state index in [1.807, 2.05) is 6.92 Å². The number of nitrogens with one attached hydrogen (secondary N) is 2. The zero-order chi connectivity index (χ0) is 22.9. The number of benzene rings is 1. The van der Waals surface area contributed by atoms with Crippen molar-refractivity contribution >= 4 is 29.4 Å². The van der Waals surface area contributed by atoms with Crippen LogP contribution in [0, 0.1) is 0 Å². The van der Waals surface area contributed by atoms with E-state index in [2.05, 4.69) is 20.5 Å². The smallest absolute Gasteiger partial charge is 0.339 e. The maximum Gasteiger partial charge on any atom is 0.339 e. The molecule has 0 saturated carbocycles. The Bertz CT molecular complexity index is 930. The zero-order valence-corrected chi connectivity index (χ0v) is 18.5. The van der Waals surface area contributed by atoms with E-state index >= 15 is 0 Å². The molecule has 1 aliphatic heterocycles. The molecule has 3 rings (SSSR count). The Morgan fingerprint density at radius 3 is 2.38 bits per heavy atom. The van der Waals surface area contributed by atoms with E-state index in [9.17, 15) is 14.4 Å². The van der Waals surface area contributed by atoms with E-state index < -0.39 is 0 Å². The third-order valence-corrected chi connectivity index (χ3v) is 5.10. The maximum atomic E-state index is 12.7. The van der Waals surface area contributed by atoms with Gasteiger partial charge < -0.3 is 25.2 Å². The van der Waals surface area contributed by atoms with Gasteiger partial charge in [0.05, 0.1) is 12.2 Å². The number of nitrogens with zero attached hydrogens (tertiary/aromatic N) is 3. The molecule has 0 spiro atoms. The zero-order valence-electron chi connectivity index (χ0n) is 18.5. The number of urea groups is 1. The van der Waals surface area contributed by atoms with Gasteiger partial charge in [0.25, 0.3) is 5.91 Å². The number of hydrogen-bond donors (Lipinski definition) is 2. The second-order valence-corrected chi connectivity index (χ2v) is 7.32. The molecule has 1 fully saturated rings. The highest BCUT2D eigenvalue weighted by atomic mass is 16.5. The van der Waals surface area contributed by atoms with Crippen molar-refractivity contribution in [1.29, 1.82) is 0 Å².